The smallest absolute Gasteiger partial charge is 0.303 e. The summed E-state index contributed by atoms with van der Waals surface area (Å²) >= 11 is 2.57. The number of Topliss-reactive ketones (excluding diaryl/α,β-unsaturated/α-hetero) is 1. The van der Waals surface area contributed by atoms with Crippen LogP contribution in [0.5, 0.6) is 0 Å². The van der Waals surface area contributed by atoms with Crippen LogP contribution < -0.4 is 5.32 Å². The SMILES string of the molecule is CCC[C@H](Cc1ccccc1)NC(=O)c1csc([C@@H](C[C@H](C(C)C)N(C)C(=O)[C@@H](CC(=O)[C@H](C(C)C)N(C)C(=O)CCCN2C(=O)CC(SC)C2=O)[C@@H](C)CC)OC(C)=O)n1. The first kappa shape index (κ1) is 51.2. The van der Waals surface area contributed by atoms with E-state index in [1.807, 2.05) is 71.9 Å². The van der Waals surface area contributed by atoms with Crippen molar-refractivity contribution < 1.29 is 38.3 Å². The van der Waals surface area contributed by atoms with Gasteiger partial charge in [-0.15, -0.1) is 11.3 Å². The maximum Gasteiger partial charge on any atom is 0.303 e. The zero-order valence-electron chi connectivity index (χ0n) is 38.1. The molecule has 1 N–H and O–H groups in total. The van der Waals surface area contributed by atoms with Gasteiger partial charge in [0.25, 0.3) is 5.91 Å². The molecule has 0 bridgehead atoms. The molecule has 15 heteroatoms. The molecule has 1 aliphatic heterocycles. The van der Waals surface area contributed by atoms with E-state index in [-0.39, 0.29) is 109 Å². The molecular weight excluding hydrogens is 815 g/mol. The van der Waals surface area contributed by atoms with Crippen molar-refractivity contribution in [2.24, 2.45) is 23.7 Å². The van der Waals surface area contributed by atoms with Gasteiger partial charge in [-0.25, -0.2) is 4.98 Å². The number of hydrogen-bond acceptors (Lipinski definition) is 11. The third-order valence-electron chi connectivity index (χ3n) is 11.8. The second-order valence-corrected chi connectivity index (χ2v) is 19.0. The van der Waals surface area contributed by atoms with Crippen molar-refractivity contribution in [2.45, 2.75) is 143 Å². The summed E-state index contributed by atoms with van der Waals surface area (Å²) in [5.74, 6) is -3.17. The number of nitrogens with one attached hydrogen (secondary N) is 1. The molecule has 1 aliphatic rings. The van der Waals surface area contributed by atoms with E-state index in [4.69, 9.17) is 4.74 Å². The minimum Gasteiger partial charge on any atom is -0.455 e. The van der Waals surface area contributed by atoms with Crippen LogP contribution in [0.25, 0.3) is 0 Å². The zero-order valence-corrected chi connectivity index (χ0v) is 39.7. The van der Waals surface area contributed by atoms with Gasteiger partial charge in [-0.2, -0.15) is 11.8 Å². The summed E-state index contributed by atoms with van der Waals surface area (Å²) in [6.45, 7) is 15.2. The number of ketones is 1. The highest BCUT2D eigenvalue weighted by Gasteiger charge is 2.40. The summed E-state index contributed by atoms with van der Waals surface area (Å²) in [6.07, 6.45) is 4.64. The molecule has 5 amide bonds. The first-order valence-electron chi connectivity index (χ1n) is 21.7. The Hall–Kier alpha value is -4.11. The first-order chi connectivity index (χ1) is 28.8. The number of esters is 1. The van der Waals surface area contributed by atoms with Gasteiger partial charge in [-0.3, -0.25) is 38.5 Å². The standard InChI is InChI=1S/C46H69N5O8S2/c1-12-18-33(23-32-19-15-14-16-20-32)47-43(56)35-27-61-44(48-35)38(59-31(8)52)25-36(28(3)4)49(9)45(57)34(30(7)13-2)24-37(53)42(29(5)6)50(10)40(54)21-17-22-51-41(55)26-39(60-11)46(51)58/h14-16,19-20,27-30,33-34,36,38-39,42H,12-13,17-18,21-26H2,1-11H3,(H,47,56)/t30-,33+,34-,36+,38+,39?,42-/m0/s1. The zero-order chi connectivity index (χ0) is 45.6. The highest BCUT2D eigenvalue weighted by atomic mass is 32.2. The number of likely N-dealkylation sites (N-methyl/N-ethyl adjacent to an activating group) is 1. The van der Waals surface area contributed by atoms with Crippen molar-refractivity contribution in [1.29, 1.82) is 0 Å². The number of rotatable bonds is 25. The Kier molecular flexibility index (Phi) is 20.6. The molecule has 0 spiro atoms. The molecule has 1 fully saturated rings. The van der Waals surface area contributed by atoms with Crippen LogP contribution in [0.15, 0.2) is 35.7 Å². The van der Waals surface area contributed by atoms with Crippen LogP contribution in [-0.4, -0.2) is 111 Å². The Morgan fingerprint density at radius 3 is 2.23 bits per heavy atom. The minimum atomic E-state index is -0.829. The Balaban J connectivity index is 1.76. The van der Waals surface area contributed by atoms with Crippen molar-refractivity contribution in [3.8, 4) is 0 Å². The maximum atomic E-state index is 14.6. The van der Waals surface area contributed by atoms with Gasteiger partial charge in [0.15, 0.2) is 11.9 Å². The molecule has 3 rings (SSSR count). The molecule has 61 heavy (non-hydrogen) atoms. The Labute approximate surface area is 371 Å². The van der Waals surface area contributed by atoms with E-state index >= 15 is 0 Å². The number of benzene rings is 1. The number of ether oxygens (including phenoxy) is 1. The average molecular weight is 884 g/mol. The largest absolute Gasteiger partial charge is 0.455 e. The number of thioether (sulfide) groups is 1. The normalized spacial score (nSPS) is 17.1. The number of thiazole rings is 1. The van der Waals surface area contributed by atoms with Crippen molar-refractivity contribution in [3.63, 3.8) is 0 Å². The molecule has 1 unspecified atom stereocenters. The fraction of sp³-hybridized carbons (Fsp3) is 0.652. The van der Waals surface area contributed by atoms with Crippen molar-refractivity contribution in [2.75, 3.05) is 26.9 Å². The van der Waals surface area contributed by atoms with Gasteiger partial charge in [0.2, 0.25) is 23.6 Å². The lowest BCUT2D eigenvalue weighted by molar-refractivity contribution is -0.150. The molecule has 2 aromatic rings. The van der Waals surface area contributed by atoms with Crippen LogP contribution in [0.3, 0.4) is 0 Å². The predicted octanol–water partition coefficient (Wildman–Crippen LogP) is 7.14. The number of amides is 5. The van der Waals surface area contributed by atoms with Gasteiger partial charge in [0.05, 0.1) is 11.3 Å². The second-order valence-electron chi connectivity index (χ2n) is 17.1. The third kappa shape index (κ3) is 14.5. The Bertz CT molecular complexity index is 1800. The molecule has 2 heterocycles. The molecule has 1 saturated heterocycles. The highest BCUT2D eigenvalue weighted by Crippen LogP contribution is 2.33. The quantitative estimate of drug-likeness (QED) is 0.0802. The van der Waals surface area contributed by atoms with Gasteiger partial charge in [0, 0.05) is 76.6 Å². The summed E-state index contributed by atoms with van der Waals surface area (Å²) in [6, 6.07) is 8.70. The molecule has 0 radical (unpaired) electrons. The number of likely N-dealkylation sites (tertiary alicyclic amines) is 1. The summed E-state index contributed by atoms with van der Waals surface area (Å²) in [5, 5.41) is 4.86. The number of imide groups is 1. The molecule has 7 atom stereocenters. The van der Waals surface area contributed by atoms with Gasteiger partial charge in [0.1, 0.15) is 10.7 Å². The third-order valence-corrected chi connectivity index (χ3v) is 13.7. The van der Waals surface area contributed by atoms with E-state index in [9.17, 15) is 33.6 Å². The molecule has 338 valence electrons. The second kappa shape index (κ2) is 24.5. The van der Waals surface area contributed by atoms with E-state index in [1.54, 1.807) is 30.6 Å². The van der Waals surface area contributed by atoms with Crippen molar-refractivity contribution in [3.05, 3.63) is 52.0 Å². The first-order valence-corrected chi connectivity index (χ1v) is 23.9. The van der Waals surface area contributed by atoms with Crippen molar-refractivity contribution >= 4 is 64.4 Å². The van der Waals surface area contributed by atoms with Crippen LogP contribution in [0.4, 0.5) is 0 Å². The van der Waals surface area contributed by atoms with Crippen LogP contribution in [-0.2, 0) is 39.9 Å². The fourth-order valence-corrected chi connectivity index (χ4v) is 9.65. The maximum absolute atomic E-state index is 14.6. The van der Waals surface area contributed by atoms with Crippen LogP contribution in [0, 0.1) is 23.7 Å². The van der Waals surface area contributed by atoms with E-state index in [0.717, 1.165) is 18.4 Å². The molecule has 0 aliphatic carbocycles. The van der Waals surface area contributed by atoms with Gasteiger partial charge < -0.3 is 19.9 Å². The van der Waals surface area contributed by atoms with Crippen molar-refractivity contribution in [1.82, 2.24) is 25.0 Å². The summed E-state index contributed by atoms with van der Waals surface area (Å²) in [4.78, 5) is 102. The molecule has 1 aromatic heterocycles. The van der Waals surface area contributed by atoms with Gasteiger partial charge in [-0.1, -0.05) is 91.6 Å². The van der Waals surface area contributed by atoms with E-state index in [2.05, 4.69) is 17.2 Å². The molecule has 0 saturated carbocycles. The predicted molar refractivity (Wildman–Crippen MR) is 241 cm³/mol. The topological polar surface area (TPSA) is 163 Å². The van der Waals surface area contributed by atoms with E-state index in [0.29, 0.717) is 17.8 Å². The molecular formula is C46H69N5O8S2. The fourth-order valence-electron chi connectivity index (χ4n) is 8.17. The number of carbonyl (C=O) groups excluding carboxylic acids is 7. The molecule has 1 aromatic carbocycles. The Morgan fingerprint density at radius 2 is 1.67 bits per heavy atom. The number of hydrogen-bond donors (Lipinski definition) is 1. The van der Waals surface area contributed by atoms with E-state index in [1.165, 1.54) is 39.8 Å². The van der Waals surface area contributed by atoms with E-state index < -0.39 is 30.1 Å². The molecule has 13 nitrogen and oxygen atoms in total. The Morgan fingerprint density at radius 1 is 1.00 bits per heavy atom. The van der Waals surface area contributed by atoms with Crippen LogP contribution >= 0.6 is 23.1 Å². The average Bonchev–Trinajstić information content (AvgIpc) is 3.81. The lowest BCUT2D eigenvalue weighted by Crippen LogP contribution is -2.49. The van der Waals surface area contributed by atoms with Gasteiger partial charge >= 0.3 is 5.97 Å². The lowest BCUT2D eigenvalue weighted by Gasteiger charge is -2.37. The number of aromatic nitrogens is 1. The summed E-state index contributed by atoms with van der Waals surface area (Å²) in [5.41, 5.74) is 1.36. The van der Waals surface area contributed by atoms with Gasteiger partial charge in [-0.05, 0) is 48.8 Å². The summed E-state index contributed by atoms with van der Waals surface area (Å²) in [7, 11) is 3.31. The monoisotopic (exact) mass is 883 g/mol. The number of carbonyl (C=O) groups is 7. The minimum absolute atomic E-state index is 0.0585. The number of nitrogens with zero attached hydrogens (tertiary/aromatic N) is 4. The highest BCUT2D eigenvalue weighted by molar-refractivity contribution is 8.00. The van der Waals surface area contributed by atoms with Crippen LogP contribution in [0.1, 0.15) is 134 Å². The van der Waals surface area contributed by atoms with Crippen LogP contribution in [0.2, 0.25) is 0 Å². The lowest BCUT2D eigenvalue weighted by atomic mass is 9.82. The summed E-state index contributed by atoms with van der Waals surface area (Å²) < 4.78 is 5.83.